The number of carbonyl (C=O) groups is 1. The number of phenols is 1. The fourth-order valence-electron chi connectivity index (χ4n) is 2.48. The van der Waals surface area contributed by atoms with Gasteiger partial charge < -0.3 is 10.2 Å². The first-order valence-electron chi connectivity index (χ1n) is 6.88. The van der Waals surface area contributed by atoms with E-state index in [0.717, 1.165) is 22.3 Å². The molecule has 3 aromatic carbocycles. The minimum atomic E-state index is -0.953. The quantitative estimate of drug-likeness (QED) is 0.750. The predicted molar refractivity (Wildman–Crippen MR) is 85.9 cm³/mol. The molecule has 0 bridgehead atoms. The van der Waals surface area contributed by atoms with E-state index in [1.165, 1.54) is 0 Å². The summed E-state index contributed by atoms with van der Waals surface area (Å²) in [6.45, 7) is 0. The lowest BCUT2D eigenvalue weighted by molar-refractivity contribution is 0.0697. The van der Waals surface area contributed by atoms with E-state index < -0.39 is 5.97 Å². The van der Waals surface area contributed by atoms with Crippen LogP contribution in [0.5, 0.6) is 5.75 Å². The maximum absolute atomic E-state index is 11.0. The van der Waals surface area contributed by atoms with Gasteiger partial charge >= 0.3 is 5.97 Å². The Kier molecular flexibility index (Phi) is 3.62. The number of hydrogen-bond acceptors (Lipinski definition) is 2. The van der Waals surface area contributed by atoms with Crippen LogP contribution in [-0.2, 0) is 0 Å². The molecule has 0 fully saturated rings. The third-order valence-electron chi connectivity index (χ3n) is 3.55. The van der Waals surface area contributed by atoms with Crippen LogP contribution in [0.1, 0.15) is 10.4 Å². The Balaban J connectivity index is 2.15. The molecule has 0 aliphatic heterocycles. The fourth-order valence-corrected chi connectivity index (χ4v) is 2.48. The fraction of sp³-hybridized carbons (Fsp3) is 0. The number of aromatic carboxylic acids is 1. The van der Waals surface area contributed by atoms with Gasteiger partial charge in [0.05, 0.1) is 5.56 Å². The molecular formula is C19H14O3. The number of benzene rings is 3. The third-order valence-corrected chi connectivity index (χ3v) is 3.55. The zero-order chi connectivity index (χ0) is 15.5. The molecule has 0 unspecified atom stereocenters. The number of aromatic hydroxyl groups is 1. The van der Waals surface area contributed by atoms with Crippen molar-refractivity contribution in [2.24, 2.45) is 0 Å². The van der Waals surface area contributed by atoms with Crippen molar-refractivity contribution in [3.63, 3.8) is 0 Å². The van der Waals surface area contributed by atoms with Gasteiger partial charge in [-0.15, -0.1) is 0 Å². The summed E-state index contributed by atoms with van der Waals surface area (Å²) < 4.78 is 0. The summed E-state index contributed by atoms with van der Waals surface area (Å²) in [7, 11) is 0. The van der Waals surface area contributed by atoms with Crippen molar-refractivity contribution >= 4 is 5.97 Å². The van der Waals surface area contributed by atoms with Crippen LogP contribution < -0.4 is 0 Å². The number of carboxylic acid groups (broad SMARTS) is 1. The summed E-state index contributed by atoms with van der Waals surface area (Å²) in [6.07, 6.45) is 0. The van der Waals surface area contributed by atoms with Crippen molar-refractivity contribution in [1.82, 2.24) is 0 Å². The minimum absolute atomic E-state index is 0.200. The second kappa shape index (κ2) is 5.74. The van der Waals surface area contributed by atoms with Gasteiger partial charge in [0.15, 0.2) is 0 Å². The molecule has 108 valence electrons. The average Bonchev–Trinajstić information content (AvgIpc) is 2.55. The molecule has 0 aromatic heterocycles. The maximum Gasteiger partial charge on any atom is 0.335 e. The van der Waals surface area contributed by atoms with Crippen LogP contribution in [-0.4, -0.2) is 16.2 Å². The van der Waals surface area contributed by atoms with Crippen LogP contribution in [0.3, 0.4) is 0 Å². The van der Waals surface area contributed by atoms with Gasteiger partial charge in [0, 0.05) is 5.56 Å². The second-order valence-corrected chi connectivity index (χ2v) is 4.95. The largest absolute Gasteiger partial charge is 0.507 e. The first kappa shape index (κ1) is 13.9. The van der Waals surface area contributed by atoms with Crippen molar-refractivity contribution in [2.45, 2.75) is 0 Å². The molecule has 0 saturated heterocycles. The van der Waals surface area contributed by atoms with Gasteiger partial charge in [0.1, 0.15) is 5.75 Å². The molecule has 3 nitrogen and oxygen atoms in total. The zero-order valence-electron chi connectivity index (χ0n) is 11.7. The summed E-state index contributed by atoms with van der Waals surface area (Å²) in [5.41, 5.74) is 3.62. The highest BCUT2D eigenvalue weighted by molar-refractivity contribution is 5.90. The van der Waals surface area contributed by atoms with E-state index in [4.69, 9.17) is 5.11 Å². The first-order chi connectivity index (χ1) is 10.7. The van der Waals surface area contributed by atoms with E-state index in [2.05, 4.69) is 0 Å². The highest BCUT2D eigenvalue weighted by Gasteiger charge is 2.12. The summed E-state index contributed by atoms with van der Waals surface area (Å²) in [5, 5.41) is 19.2. The van der Waals surface area contributed by atoms with E-state index in [9.17, 15) is 9.90 Å². The Hall–Kier alpha value is -3.07. The molecule has 0 heterocycles. The smallest absolute Gasteiger partial charge is 0.335 e. The lowest BCUT2D eigenvalue weighted by Gasteiger charge is -2.12. The summed E-state index contributed by atoms with van der Waals surface area (Å²) in [4.78, 5) is 11.0. The van der Waals surface area contributed by atoms with Gasteiger partial charge in [-0.2, -0.15) is 0 Å². The number of hydrogen-bond donors (Lipinski definition) is 2. The SMILES string of the molecule is O=C(O)c1ccc(-c2cccc(O)c2-c2ccccc2)cc1. The molecule has 0 spiro atoms. The van der Waals surface area contributed by atoms with Crippen molar-refractivity contribution in [3.05, 3.63) is 78.4 Å². The lowest BCUT2D eigenvalue weighted by Crippen LogP contribution is -1.95. The number of rotatable bonds is 3. The predicted octanol–water partition coefficient (Wildman–Crippen LogP) is 4.42. The first-order valence-corrected chi connectivity index (χ1v) is 6.88. The van der Waals surface area contributed by atoms with E-state index >= 15 is 0 Å². The standard InChI is InChI=1S/C19H14O3/c20-17-8-4-7-16(18(17)14-5-2-1-3-6-14)13-9-11-15(12-10-13)19(21)22/h1-12,20H,(H,21,22). The van der Waals surface area contributed by atoms with Crippen LogP contribution >= 0.6 is 0 Å². The van der Waals surface area contributed by atoms with Crippen molar-refractivity contribution in [3.8, 4) is 28.0 Å². The Morgan fingerprint density at radius 3 is 2.05 bits per heavy atom. The van der Waals surface area contributed by atoms with Gasteiger partial charge in [-0.05, 0) is 34.9 Å². The average molecular weight is 290 g/mol. The van der Waals surface area contributed by atoms with Crippen LogP contribution in [0.2, 0.25) is 0 Å². The third kappa shape index (κ3) is 2.56. The molecule has 0 amide bonds. The summed E-state index contributed by atoms with van der Waals surface area (Å²) in [6, 6.07) is 21.6. The van der Waals surface area contributed by atoms with Crippen molar-refractivity contribution < 1.29 is 15.0 Å². The van der Waals surface area contributed by atoms with Gasteiger partial charge in [0.2, 0.25) is 0 Å². The normalized spacial score (nSPS) is 10.4. The minimum Gasteiger partial charge on any atom is -0.507 e. The maximum atomic E-state index is 11.0. The van der Waals surface area contributed by atoms with Crippen LogP contribution in [0.15, 0.2) is 72.8 Å². The van der Waals surface area contributed by atoms with Gasteiger partial charge in [-0.3, -0.25) is 0 Å². The molecule has 3 heteroatoms. The summed E-state index contributed by atoms with van der Waals surface area (Å²) >= 11 is 0. The van der Waals surface area contributed by atoms with Crippen molar-refractivity contribution in [1.29, 1.82) is 0 Å². The molecule has 22 heavy (non-hydrogen) atoms. The number of carboxylic acids is 1. The zero-order valence-corrected chi connectivity index (χ0v) is 11.7. The second-order valence-electron chi connectivity index (χ2n) is 4.95. The van der Waals surface area contributed by atoms with Gasteiger partial charge in [-0.1, -0.05) is 54.6 Å². The lowest BCUT2D eigenvalue weighted by atomic mass is 9.93. The molecule has 0 atom stereocenters. The van der Waals surface area contributed by atoms with Crippen LogP contribution in [0.25, 0.3) is 22.3 Å². The molecule has 0 aliphatic carbocycles. The van der Waals surface area contributed by atoms with Crippen molar-refractivity contribution in [2.75, 3.05) is 0 Å². The van der Waals surface area contributed by atoms with Crippen LogP contribution in [0.4, 0.5) is 0 Å². The van der Waals surface area contributed by atoms with E-state index in [1.807, 2.05) is 36.4 Å². The number of phenolic OH excluding ortho intramolecular Hbond substituents is 1. The highest BCUT2D eigenvalue weighted by atomic mass is 16.4. The van der Waals surface area contributed by atoms with E-state index in [0.29, 0.717) is 0 Å². The molecule has 3 aromatic rings. The Bertz CT molecular complexity index is 806. The Morgan fingerprint density at radius 2 is 1.41 bits per heavy atom. The molecule has 3 rings (SSSR count). The molecular weight excluding hydrogens is 276 g/mol. The molecule has 0 radical (unpaired) electrons. The monoisotopic (exact) mass is 290 g/mol. The topological polar surface area (TPSA) is 57.5 Å². The highest BCUT2D eigenvalue weighted by Crippen LogP contribution is 2.38. The Labute approximate surface area is 128 Å². The van der Waals surface area contributed by atoms with Gasteiger partial charge in [-0.25, -0.2) is 4.79 Å². The summed E-state index contributed by atoms with van der Waals surface area (Å²) in [5.74, 6) is -0.753. The molecule has 0 aliphatic rings. The Morgan fingerprint density at radius 1 is 0.727 bits per heavy atom. The van der Waals surface area contributed by atoms with Gasteiger partial charge in [0.25, 0.3) is 0 Å². The van der Waals surface area contributed by atoms with Crippen LogP contribution in [0, 0.1) is 0 Å². The molecule has 0 saturated carbocycles. The van der Waals surface area contributed by atoms with E-state index in [-0.39, 0.29) is 11.3 Å². The van der Waals surface area contributed by atoms with E-state index in [1.54, 1.807) is 36.4 Å². The molecule has 2 N–H and O–H groups in total.